The van der Waals surface area contributed by atoms with Crippen molar-refractivity contribution in [3.05, 3.63) is 34.4 Å². The van der Waals surface area contributed by atoms with Gasteiger partial charge in [0.15, 0.2) is 0 Å². The maximum atomic E-state index is 6.34. The van der Waals surface area contributed by atoms with E-state index >= 15 is 0 Å². The molecule has 1 nitrogen and oxygen atoms in total. The van der Waals surface area contributed by atoms with E-state index in [9.17, 15) is 0 Å². The SMILES string of the molecule is CCC(C)CC(N)Cc1c(C)cc(C(C)(C)C)cc1C. The van der Waals surface area contributed by atoms with Crippen LogP contribution in [-0.4, -0.2) is 6.04 Å². The van der Waals surface area contributed by atoms with Gasteiger partial charge in [0, 0.05) is 6.04 Å². The van der Waals surface area contributed by atoms with Crippen LogP contribution in [0.2, 0.25) is 0 Å². The fourth-order valence-electron chi connectivity index (χ4n) is 2.78. The molecule has 0 spiro atoms. The number of benzene rings is 1. The van der Waals surface area contributed by atoms with E-state index < -0.39 is 0 Å². The molecule has 0 aliphatic rings. The van der Waals surface area contributed by atoms with Crippen molar-refractivity contribution in [2.45, 2.75) is 79.2 Å². The minimum atomic E-state index is 0.215. The lowest BCUT2D eigenvalue weighted by atomic mass is 9.82. The van der Waals surface area contributed by atoms with Gasteiger partial charge < -0.3 is 5.73 Å². The largest absolute Gasteiger partial charge is 0.327 e. The van der Waals surface area contributed by atoms with E-state index in [0.717, 1.165) is 18.8 Å². The first-order valence-electron chi connectivity index (χ1n) is 8.01. The van der Waals surface area contributed by atoms with E-state index in [1.165, 1.54) is 28.7 Å². The zero-order valence-electron chi connectivity index (χ0n) is 14.5. The van der Waals surface area contributed by atoms with Gasteiger partial charge in [0.1, 0.15) is 0 Å². The van der Waals surface area contributed by atoms with Gasteiger partial charge in [0.2, 0.25) is 0 Å². The summed E-state index contributed by atoms with van der Waals surface area (Å²) in [7, 11) is 0. The minimum Gasteiger partial charge on any atom is -0.327 e. The van der Waals surface area contributed by atoms with Gasteiger partial charge in [-0.25, -0.2) is 0 Å². The van der Waals surface area contributed by atoms with Crippen LogP contribution in [0.3, 0.4) is 0 Å². The molecule has 0 amide bonds. The Balaban J connectivity index is 2.92. The van der Waals surface area contributed by atoms with Crippen LogP contribution in [0.1, 0.15) is 69.7 Å². The Hall–Kier alpha value is -0.820. The molecule has 1 rings (SSSR count). The summed E-state index contributed by atoms with van der Waals surface area (Å²) in [5, 5.41) is 0. The summed E-state index contributed by atoms with van der Waals surface area (Å²) in [5.74, 6) is 0.722. The highest BCUT2D eigenvalue weighted by molar-refractivity contribution is 5.40. The van der Waals surface area contributed by atoms with Gasteiger partial charge in [-0.3, -0.25) is 0 Å². The highest BCUT2D eigenvalue weighted by atomic mass is 14.6. The molecule has 20 heavy (non-hydrogen) atoms. The molecule has 0 heterocycles. The first-order chi connectivity index (χ1) is 9.15. The van der Waals surface area contributed by atoms with Gasteiger partial charge in [0.25, 0.3) is 0 Å². The Labute approximate surface area is 126 Å². The standard InChI is InChI=1S/C19H33N/c1-8-13(2)9-17(20)12-18-14(3)10-16(11-15(18)4)19(5,6)7/h10-11,13,17H,8-9,12,20H2,1-7H3. The molecule has 0 fully saturated rings. The van der Waals surface area contributed by atoms with E-state index in [1.807, 2.05) is 0 Å². The molecule has 0 saturated heterocycles. The molecule has 1 aromatic rings. The van der Waals surface area contributed by atoms with Gasteiger partial charge in [-0.2, -0.15) is 0 Å². The third-order valence-corrected chi connectivity index (χ3v) is 4.43. The van der Waals surface area contributed by atoms with Crippen molar-refractivity contribution in [3.63, 3.8) is 0 Å². The van der Waals surface area contributed by atoms with Crippen LogP contribution in [0.15, 0.2) is 12.1 Å². The molecule has 114 valence electrons. The molecule has 2 atom stereocenters. The molecule has 2 unspecified atom stereocenters. The molecule has 0 radical (unpaired) electrons. The Kier molecular flexibility index (Phi) is 5.82. The topological polar surface area (TPSA) is 26.0 Å². The summed E-state index contributed by atoms with van der Waals surface area (Å²) in [6.07, 6.45) is 3.34. The van der Waals surface area contributed by atoms with Crippen LogP contribution in [-0.2, 0) is 11.8 Å². The Morgan fingerprint density at radius 3 is 2.00 bits per heavy atom. The fourth-order valence-corrected chi connectivity index (χ4v) is 2.78. The van der Waals surface area contributed by atoms with Crippen molar-refractivity contribution in [1.29, 1.82) is 0 Å². The number of nitrogens with two attached hydrogens (primary N) is 1. The summed E-state index contributed by atoms with van der Waals surface area (Å²) < 4.78 is 0. The summed E-state index contributed by atoms with van der Waals surface area (Å²) in [4.78, 5) is 0. The highest BCUT2D eigenvalue weighted by Crippen LogP contribution is 2.27. The van der Waals surface area contributed by atoms with Gasteiger partial charge in [-0.1, -0.05) is 53.2 Å². The maximum Gasteiger partial charge on any atom is 0.00820 e. The molecule has 2 N–H and O–H groups in total. The summed E-state index contributed by atoms with van der Waals surface area (Å²) in [5.41, 5.74) is 12.2. The van der Waals surface area contributed by atoms with Crippen LogP contribution in [0, 0.1) is 19.8 Å². The van der Waals surface area contributed by atoms with Crippen LogP contribution < -0.4 is 5.73 Å². The monoisotopic (exact) mass is 275 g/mol. The minimum absolute atomic E-state index is 0.215. The van der Waals surface area contributed by atoms with Crippen molar-refractivity contribution in [2.24, 2.45) is 11.7 Å². The second kappa shape index (κ2) is 6.76. The average molecular weight is 275 g/mol. The molecule has 0 aliphatic heterocycles. The Morgan fingerprint density at radius 2 is 1.60 bits per heavy atom. The lowest BCUT2D eigenvalue weighted by molar-refractivity contribution is 0.449. The third-order valence-electron chi connectivity index (χ3n) is 4.43. The predicted molar refractivity (Wildman–Crippen MR) is 90.4 cm³/mol. The van der Waals surface area contributed by atoms with Crippen LogP contribution in [0.4, 0.5) is 0 Å². The maximum absolute atomic E-state index is 6.34. The first kappa shape index (κ1) is 17.2. The van der Waals surface area contributed by atoms with Gasteiger partial charge >= 0.3 is 0 Å². The van der Waals surface area contributed by atoms with Crippen molar-refractivity contribution < 1.29 is 0 Å². The zero-order chi connectivity index (χ0) is 15.5. The number of aryl methyl sites for hydroxylation is 2. The van der Waals surface area contributed by atoms with Crippen LogP contribution in [0.25, 0.3) is 0 Å². The van der Waals surface area contributed by atoms with E-state index in [1.54, 1.807) is 0 Å². The molecule has 1 aromatic carbocycles. The van der Waals surface area contributed by atoms with Crippen molar-refractivity contribution in [2.75, 3.05) is 0 Å². The van der Waals surface area contributed by atoms with Crippen LogP contribution in [0.5, 0.6) is 0 Å². The van der Waals surface area contributed by atoms with Crippen molar-refractivity contribution >= 4 is 0 Å². The number of rotatable bonds is 5. The molecule has 0 bridgehead atoms. The van der Waals surface area contributed by atoms with Gasteiger partial charge in [-0.15, -0.1) is 0 Å². The first-order valence-corrected chi connectivity index (χ1v) is 8.01. The Morgan fingerprint density at radius 1 is 1.10 bits per heavy atom. The highest BCUT2D eigenvalue weighted by Gasteiger charge is 2.17. The van der Waals surface area contributed by atoms with Gasteiger partial charge in [0.05, 0.1) is 0 Å². The number of hydrogen-bond acceptors (Lipinski definition) is 1. The quantitative estimate of drug-likeness (QED) is 0.812. The summed E-state index contributed by atoms with van der Waals surface area (Å²) >= 11 is 0. The van der Waals surface area contributed by atoms with E-state index in [0.29, 0.717) is 0 Å². The van der Waals surface area contributed by atoms with Crippen LogP contribution >= 0.6 is 0 Å². The molecule has 0 saturated carbocycles. The predicted octanol–water partition coefficient (Wildman–Crippen LogP) is 4.91. The molecular weight excluding hydrogens is 242 g/mol. The molecular formula is C19H33N. The van der Waals surface area contributed by atoms with E-state index in [2.05, 4.69) is 60.6 Å². The summed E-state index contributed by atoms with van der Waals surface area (Å²) in [6, 6.07) is 4.97. The smallest absolute Gasteiger partial charge is 0.00820 e. The normalized spacial score (nSPS) is 15.2. The molecule has 0 aromatic heterocycles. The summed E-state index contributed by atoms with van der Waals surface area (Å²) in [6.45, 7) is 15.8. The Bertz CT molecular complexity index is 417. The van der Waals surface area contributed by atoms with E-state index in [4.69, 9.17) is 5.73 Å². The van der Waals surface area contributed by atoms with E-state index in [-0.39, 0.29) is 11.5 Å². The lowest BCUT2D eigenvalue weighted by Gasteiger charge is -2.24. The molecule has 1 heteroatoms. The zero-order valence-corrected chi connectivity index (χ0v) is 14.5. The second-order valence-corrected chi connectivity index (χ2v) is 7.55. The molecule has 0 aliphatic carbocycles. The average Bonchev–Trinajstić information content (AvgIpc) is 2.32. The van der Waals surface area contributed by atoms with Crippen molar-refractivity contribution in [3.8, 4) is 0 Å². The lowest BCUT2D eigenvalue weighted by Crippen LogP contribution is -2.26. The third kappa shape index (κ3) is 4.63. The van der Waals surface area contributed by atoms with Crippen molar-refractivity contribution in [1.82, 2.24) is 0 Å². The number of hydrogen-bond donors (Lipinski definition) is 1. The fraction of sp³-hybridized carbons (Fsp3) is 0.684. The van der Waals surface area contributed by atoms with Gasteiger partial charge in [-0.05, 0) is 60.3 Å². The second-order valence-electron chi connectivity index (χ2n) is 7.55.